The van der Waals surface area contributed by atoms with Gasteiger partial charge in [0.05, 0.1) is 24.5 Å². The number of benzene rings is 2. The average molecular weight is 476 g/mol. The number of nitrogens with one attached hydrogen (secondary N) is 2. The summed E-state index contributed by atoms with van der Waals surface area (Å²) in [5.41, 5.74) is 1.75. The summed E-state index contributed by atoms with van der Waals surface area (Å²) < 4.78 is 0. The smallest absolute Gasteiger partial charge is 0.294 e. The Bertz CT molecular complexity index is 1230. The van der Waals surface area contributed by atoms with Gasteiger partial charge in [0, 0.05) is 18.7 Å². The first-order chi connectivity index (χ1) is 16.9. The predicted molar refractivity (Wildman–Crippen MR) is 125 cm³/mol. The maximum Gasteiger partial charge on any atom is 0.294 e. The Morgan fingerprint density at radius 1 is 0.829 bits per heavy atom. The van der Waals surface area contributed by atoms with Gasteiger partial charge in [-0.1, -0.05) is 36.4 Å². The van der Waals surface area contributed by atoms with Crippen molar-refractivity contribution in [1.29, 1.82) is 0 Å². The van der Waals surface area contributed by atoms with Gasteiger partial charge in [0.25, 0.3) is 17.7 Å². The van der Waals surface area contributed by atoms with E-state index >= 15 is 0 Å². The van der Waals surface area contributed by atoms with Crippen molar-refractivity contribution in [3.8, 4) is 5.69 Å². The number of hydrogen-bond donors (Lipinski definition) is 2. The summed E-state index contributed by atoms with van der Waals surface area (Å²) in [5, 5.41) is 16.3. The fraction of sp³-hybridized carbons (Fsp3) is 0.250. The molecule has 1 fully saturated rings. The molecule has 0 atom stereocenters. The van der Waals surface area contributed by atoms with Crippen LogP contribution in [0.5, 0.6) is 0 Å². The van der Waals surface area contributed by atoms with Gasteiger partial charge < -0.3 is 10.6 Å². The van der Waals surface area contributed by atoms with Crippen molar-refractivity contribution in [2.24, 2.45) is 0 Å². The molecule has 2 heterocycles. The summed E-state index contributed by atoms with van der Waals surface area (Å²) in [6, 6.07) is 17.7. The maximum atomic E-state index is 13.2. The van der Waals surface area contributed by atoms with Crippen LogP contribution in [0, 0.1) is 6.92 Å². The van der Waals surface area contributed by atoms with E-state index in [-0.39, 0.29) is 24.7 Å². The fourth-order valence-corrected chi connectivity index (χ4v) is 3.64. The van der Waals surface area contributed by atoms with Gasteiger partial charge in [0.2, 0.25) is 5.91 Å². The van der Waals surface area contributed by atoms with Crippen molar-refractivity contribution in [3.63, 3.8) is 0 Å². The second kappa shape index (κ2) is 10.6. The zero-order chi connectivity index (χ0) is 24.8. The first-order valence-electron chi connectivity index (χ1n) is 11.2. The molecule has 1 saturated heterocycles. The van der Waals surface area contributed by atoms with Gasteiger partial charge in [-0.25, -0.2) is 10.0 Å². The third-order valence-corrected chi connectivity index (χ3v) is 5.41. The van der Waals surface area contributed by atoms with Gasteiger partial charge >= 0.3 is 0 Å². The van der Waals surface area contributed by atoms with Crippen molar-refractivity contribution in [2.45, 2.75) is 13.3 Å². The van der Waals surface area contributed by atoms with E-state index in [9.17, 15) is 19.2 Å². The zero-order valence-corrected chi connectivity index (χ0v) is 19.2. The molecule has 11 heteroatoms. The number of hydrogen-bond acceptors (Lipinski definition) is 6. The lowest BCUT2D eigenvalue weighted by molar-refractivity contribution is -0.140. The third-order valence-electron chi connectivity index (χ3n) is 5.41. The Balaban J connectivity index is 1.32. The summed E-state index contributed by atoms with van der Waals surface area (Å²) in [7, 11) is 0. The van der Waals surface area contributed by atoms with E-state index in [4.69, 9.17) is 0 Å². The molecule has 0 spiro atoms. The molecule has 180 valence electrons. The minimum Gasteiger partial charge on any atom is -0.345 e. The van der Waals surface area contributed by atoms with Crippen LogP contribution < -0.4 is 10.6 Å². The lowest BCUT2D eigenvalue weighted by Gasteiger charge is -2.27. The second-order valence-electron chi connectivity index (χ2n) is 7.88. The molecule has 1 aromatic heterocycles. The van der Waals surface area contributed by atoms with Crippen LogP contribution in [0.3, 0.4) is 0 Å². The summed E-state index contributed by atoms with van der Waals surface area (Å²) in [6.07, 6.45) is 0.602. The molecule has 4 amide bonds. The lowest BCUT2D eigenvalue weighted by Crippen LogP contribution is -2.49. The minimum absolute atomic E-state index is 0.154. The predicted octanol–water partition coefficient (Wildman–Crippen LogP) is 0.711. The highest BCUT2D eigenvalue weighted by Crippen LogP contribution is 2.17. The molecular weight excluding hydrogens is 450 g/mol. The van der Waals surface area contributed by atoms with Gasteiger partial charge in [-0.3, -0.25) is 19.2 Å². The topological polar surface area (TPSA) is 130 Å². The van der Waals surface area contributed by atoms with Gasteiger partial charge in [0.15, 0.2) is 5.69 Å². The molecule has 0 aliphatic carbocycles. The summed E-state index contributed by atoms with van der Waals surface area (Å²) in [4.78, 5) is 51.5. The molecule has 2 N–H and O–H groups in total. The normalized spacial score (nSPS) is 12.9. The van der Waals surface area contributed by atoms with E-state index in [0.29, 0.717) is 36.5 Å². The number of amides is 4. The number of hydrazine groups is 1. The number of para-hydroxylation sites is 1. The molecule has 35 heavy (non-hydrogen) atoms. The van der Waals surface area contributed by atoms with Crippen LogP contribution in [0.15, 0.2) is 60.7 Å². The average Bonchev–Trinajstić information content (AvgIpc) is 3.54. The van der Waals surface area contributed by atoms with E-state index in [1.807, 2.05) is 30.3 Å². The number of aryl methyl sites for hydroxylation is 1. The highest BCUT2D eigenvalue weighted by atomic mass is 16.2. The van der Waals surface area contributed by atoms with Crippen molar-refractivity contribution >= 4 is 23.6 Å². The van der Waals surface area contributed by atoms with Crippen LogP contribution in [-0.2, 0) is 9.59 Å². The number of carbonyl (C=O) groups is 4. The summed E-state index contributed by atoms with van der Waals surface area (Å²) in [6.45, 7) is 1.80. The van der Waals surface area contributed by atoms with Crippen molar-refractivity contribution in [1.82, 2.24) is 35.6 Å². The largest absolute Gasteiger partial charge is 0.345 e. The Labute approximate surface area is 201 Å². The summed E-state index contributed by atoms with van der Waals surface area (Å²) >= 11 is 0. The van der Waals surface area contributed by atoms with Crippen molar-refractivity contribution < 1.29 is 19.2 Å². The monoisotopic (exact) mass is 475 g/mol. The van der Waals surface area contributed by atoms with Crippen LogP contribution >= 0.6 is 0 Å². The molecule has 1 aliphatic heterocycles. The fourth-order valence-electron chi connectivity index (χ4n) is 3.64. The number of aromatic nitrogens is 3. The van der Waals surface area contributed by atoms with Gasteiger partial charge in [-0.05, 0) is 37.6 Å². The van der Waals surface area contributed by atoms with Crippen molar-refractivity contribution in [2.75, 3.05) is 26.2 Å². The molecule has 11 nitrogen and oxygen atoms in total. The Hall–Kier alpha value is -4.54. The summed E-state index contributed by atoms with van der Waals surface area (Å²) in [5.74, 6) is -1.77. The Kier molecular flexibility index (Phi) is 7.15. The van der Waals surface area contributed by atoms with Crippen molar-refractivity contribution in [3.05, 3.63) is 77.6 Å². The number of nitrogens with zero attached hydrogens (tertiary/aromatic N) is 5. The quantitative estimate of drug-likeness (QED) is 0.518. The van der Waals surface area contributed by atoms with Gasteiger partial charge in [-0.2, -0.15) is 9.90 Å². The van der Waals surface area contributed by atoms with E-state index in [0.717, 1.165) is 0 Å². The standard InChI is InChI=1S/C24H25N7O4/c1-17-22(28-31(27-17)19-11-6-3-7-12-19)24(35)30-14-8-13-29(30)21(33)16-25-20(32)15-26-23(34)18-9-4-2-5-10-18/h2-7,9-12H,8,13-16H2,1H3,(H,25,32)(H,26,34). The van der Waals surface area contributed by atoms with E-state index < -0.39 is 17.7 Å². The molecule has 0 saturated carbocycles. The van der Waals surface area contributed by atoms with E-state index in [2.05, 4.69) is 20.8 Å². The zero-order valence-electron chi connectivity index (χ0n) is 19.2. The van der Waals surface area contributed by atoms with Gasteiger partial charge in [0.1, 0.15) is 0 Å². The lowest BCUT2D eigenvalue weighted by atomic mass is 10.2. The SMILES string of the molecule is Cc1nn(-c2ccccc2)nc1C(=O)N1CCCN1C(=O)CNC(=O)CNC(=O)c1ccccc1. The van der Waals surface area contributed by atoms with Gasteiger partial charge in [-0.15, -0.1) is 5.10 Å². The maximum absolute atomic E-state index is 13.2. The van der Waals surface area contributed by atoms with Crippen LogP contribution in [-0.4, -0.2) is 74.8 Å². The second-order valence-corrected chi connectivity index (χ2v) is 7.88. The first-order valence-corrected chi connectivity index (χ1v) is 11.2. The number of carbonyl (C=O) groups excluding carboxylic acids is 4. The highest BCUT2D eigenvalue weighted by molar-refractivity contribution is 5.97. The Morgan fingerprint density at radius 3 is 2.20 bits per heavy atom. The minimum atomic E-state index is -0.513. The molecule has 3 aromatic rings. The van der Waals surface area contributed by atoms with E-state index in [1.54, 1.807) is 37.3 Å². The van der Waals surface area contributed by atoms with Crippen LogP contribution in [0.25, 0.3) is 5.69 Å². The molecule has 0 radical (unpaired) electrons. The molecule has 1 aliphatic rings. The molecule has 0 unspecified atom stereocenters. The third kappa shape index (κ3) is 5.52. The first kappa shape index (κ1) is 23.6. The highest BCUT2D eigenvalue weighted by Gasteiger charge is 2.33. The number of rotatable bonds is 7. The van der Waals surface area contributed by atoms with E-state index in [1.165, 1.54) is 14.8 Å². The molecule has 2 aromatic carbocycles. The van der Waals surface area contributed by atoms with Crippen LogP contribution in [0.2, 0.25) is 0 Å². The van der Waals surface area contributed by atoms with Crippen LogP contribution in [0.4, 0.5) is 0 Å². The molecule has 0 bridgehead atoms. The van der Waals surface area contributed by atoms with Crippen LogP contribution in [0.1, 0.15) is 33.0 Å². The molecular formula is C24H25N7O4. The Morgan fingerprint density at radius 2 is 1.49 bits per heavy atom. The molecule has 4 rings (SSSR count).